The van der Waals surface area contributed by atoms with E-state index < -0.39 is 0 Å². The van der Waals surface area contributed by atoms with Gasteiger partial charge in [-0.3, -0.25) is 9.20 Å². The maximum Gasteiger partial charge on any atom is 0.251 e. The van der Waals surface area contributed by atoms with Gasteiger partial charge in [-0.15, -0.1) is 0 Å². The number of nitrogens with zero attached hydrogens (tertiary/aromatic N) is 3. The second-order valence-electron chi connectivity index (χ2n) is 6.38. The van der Waals surface area contributed by atoms with E-state index in [2.05, 4.69) is 15.3 Å². The van der Waals surface area contributed by atoms with Crippen LogP contribution in [0.2, 0.25) is 0 Å². The van der Waals surface area contributed by atoms with Crippen LogP contribution in [0.1, 0.15) is 15.9 Å². The molecule has 0 bridgehead atoms. The molecular weight excluding hydrogens is 345 g/mol. The van der Waals surface area contributed by atoms with E-state index in [1.165, 1.54) is 12.1 Å². The van der Waals surface area contributed by atoms with Crippen molar-refractivity contribution in [3.8, 4) is 22.5 Å². The van der Waals surface area contributed by atoms with Crippen molar-refractivity contribution in [2.45, 2.75) is 6.54 Å². The quantitative estimate of drug-likeness (QED) is 0.576. The van der Waals surface area contributed by atoms with E-state index in [-0.39, 0.29) is 17.5 Å². The van der Waals surface area contributed by atoms with Crippen molar-refractivity contribution < 1.29 is 9.18 Å². The van der Waals surface area contributed by atoms with Gasteiger partial charge in [0.2, 0.25) is 0 Å². The number of hydrogen-bond acceptors (Lipinski definition) is 4. The fourth-order valence-electron chi connectivity index (χ4n) is 3.50. The number of amides is 1. The highest BCUT2D eigenvalue weighted by molar-refractivity contribution is 5.99. The zero-order valence-corrected chi connectivity index (χ0v) is 14.1. The lowest BCUT2D eigenvalue weighted by atomic mass is 10.00. The van der Waals surface area contributed by atoms with Gasteiger partial charge in [-0.05, 0) is 29.8 Å². The summed E-state index contributed by atoms with van der Waals surface area (Å²) in [6.07, 6.45) is 3.44. The Labute approximate surface area is 153 Å². The van der Waals surface area contributed by atoms with E-state index in [0.29, 0.717) is 29.0 Å². The van der Waals surface area contributed by atoms with Crippen molar-refractivity contribution in [2.24, 2.45) is 0 Å². The zero-order valence-electron chi connectivity index (χ0n) is 14.1. The Bertz CT molecular complexity index is 1230. The van der Waals surface area contributed by atoms with Crippen molar-refractivity contribution in [3.05, 3.63) is 71.8 Å². The Morgan fingerprint density at radius 1 is 1.15 bits per heavy atom. The van der Waals surface area contributed by atoms with E-state index in [9.17, 15) is 9.18 Å². The number of carbonyl (C=O) groups excluding carboxylic acids is 1. The number of nitrogens with one attached hydrogen (secondary N) is 1. The number of hydrogen-bond donors (Lipinski definition) is 2. The van der Waals surface area contributed by atoms with E-state index in [1.54, 1.807) is 30.6 Å². The molecule has 2 aromatic carbocycles. The largest absolute Gasteiger partial charge is 0.381 e. The lowest BCUT2D eigenvalue weighted by molar-refractivity contribution is 0.0966. The standard InChI is InChI=1S/C20H14FN5O/c21-14-3-1-2-11(9-14)16-17(26-7-6-23-19(26)18(22)25-16)12-4-5-15-13(8-12)10-24-20(15)27/h1-9H,10H2,(H2,22,25)(H,24,27). The first-order valence-corrected chi connectivity index (χ1v) is 8.42. The molecule has 0 aliphatic carbocycles. The number of imidazole rings is 1. The van der Waals surface area contributed by atoms with Gasteiger partial charge in [0.1, 0.15) is 5.82 Å². The lowest BCUT2D eigenvalue weighted by Gasteiger charge is -2.14. The Morgan fingerprint density at radius 3 is 2.89 bits per heavy atom. The Kier molecular flexibility index (Phi) is 3.24. The molecule has 1 aliphatic rings. The summed E-state index contributed by atoms with van der Waals surface area (Å²) in [6, 6.07) is 11.8. The molecule has 2 aromatic heterocycles. The predicted molar refractivity (Wildman–Crippen MR) is 99.4 cm³/mol. The lowest BCUT2D eigenvalue weighted by Crippen LogP contribution is -2.12. The van der Waals surface area contributed by atoms with E-state index in [1.807, 2.05) is 16.5 Å². The maximum absolute atomic E-state index is 13.8. The van der Waals surface area contributed by atoms with Crippen LogP contribution in [0.25, 0.3) is 28.2 Å². The second kappa shape index (κ2) is 5.63. The Morgan fingerprint density at radius 2 is 2.04 bits per heavy atom. The topological polar surface area (TPSA) is 85.3 Å². The molecule has 6 nitrogen and oxygen atoms in total. The summed E-state index contributed by atoms with van der Waals surface area (Å²) < 4.78 is 15.7. The minimum Gasteiger partial charge on any atom is -0.381 e. The van der Waals surface area contributed by atoms with Gasteiger partial charge in [-0.25, -0.2) is 14.4 Å². The molecule has 0 spiro atoms. The molecule has 3 N–H and O–H groups in total. The number of benzene rings is 2. The summed E-state index contributed by atoms with van der Waals surface area (Å²) in [4.78, 5) is 20.6. The van der Waals surface area contributed by atoms with Crippen LogP contribution >= 0.6 is 0 Å². The Hall–Kier alpha value is -3.74. The van der Waals surface area contributed by atoms with E-state index in [4.69, 9.17) is 5.73 Å². The molecule has 5 rings (SSSR count). The van der Waals surface area contributed by atoms with Gasteiger partial charge in [-0.2, -0.15) is 0 Å². The van der Waals surface area contributed by atoms with Crippen LogP contribution in [-0.4, -0.2) is 20.3 Å². The summed E-state index contributed by atoms with van der Waals surface area (Å²) in [5.41, 5.74) is 10.9. The molecule has 0 unspecified atom stereocenters. The summed E-state index contributed by atoms with van der Waals surface area (Å²) in [7, 11) is 0. The third-order valence-electron chi connectivity index (χ3n) is 4.73. The molecule has 4 aromatic rings. The highest BCUT2D eigenvalue weighted by atomic mass is 19.1. The molecule has 0 radical (unpaired) electrons. The first-order chi connectivity index (χ1) is 13.1. The first-order valence-electron chi connectivity index (χ1n) is 8.42. The molecule has 1 aliphatic heterocycles. The third-order valence-corrected chi connectivity index (χ3v) is 4.73. The molecule has 1 amide bonds. The van der Waals surface area contributed by atoms with Crippen molar-refractivity contribution in [1.82, 2.24) is 19.7 Å². The molecular formula is C20H14FN5O. The van der Waals surface area contributed by atoms with Crippen LogP contribution in [0.5, 0.6) is 0 Å². The summed E-state index contributed by atoms with van der Waals surface area (Å²) in [5, 5.41) is 2.82. The van der Waals surface area contributed by atoms with Crippen LogP contribution in [0.3, 0.4) is 0 Å². The number of aromatic nitrogens is 3. The van der Waals surface area contributed by atoms with Crippen molar-refractivity contribution in [3.63, 3.8) is 0 Å². The monoisotopic (exact) mass is 359 g/mol. The van der Waals surface area contributed by atoms with Gasteiger partial charge < -0.3 is 11.1 Å². The van der Waals surface area contributed by atoms with Gasteiger partial charge >= 0.3 is 0 Å². The molecule has 3 heterocycles. The number of fused-ring (bicyclic) bond motifs is 2. The van der Waals surface area contributed by atoms with Gasteiger partial charge in [0, 0.05) is 35.6 Å². The maximum atomic E-state index is 13.8. The fraction of sp³-hybridized carbons (Fsp3) is 0.0500. The molecule has 132 valence electrons. The minimum atomic E-state index is -0.353. The third kappa shape index (κ3) is 2.36. The number of anilines is 1. The number of nitrogen functional groups attached to an aromatic ring is 1. The summed E-state index contributed by atoms with van der Waals surface area (Å²) >= 11 is 0. The number of carbonyl (C=O) groups is 1. The molecule has 0 saturated heterocycles. The SMILES string of the molecule is Nc1nc(-c2cccc(F)c2)c(-c2ccc3c(c2)CNC3=O)n2ccnc12. The van der Waals surface area contributed by atoms with Gasteiger partial charge in [0.15, 0.2) is 11.5 Å². The second-order valence-corrected chi connectivity index (χ2v) is 6.38. The van der Waals surface area contributed by atoms with Gasteiger partial charge in [0.05, 0.1) is 11.4 Å². The predicted octanol–water partition coefficient (Wildman–Crippen LogP) is 3.03. The van der Waals surface area contributed by atoms with E-state index >= 15 is 0 Å². The molecule has 27 heavy (non-hydrogen) atoms. The van der Waals surface area contributed by atoms with Crippen molar-refractivity contribution in [1.29, 1.82) is 0 Å². The number of halogens is 1. The van der Waals surface area contributed by atoms with Crippen molar-refractivity contribution in [2.75, 3.05) is 5.73 Å². The number of rotatable bonds is 2. The van der Waals surface area contributed by atoms with Crippen LogP contribution in [-0.2, 0) is 6.54 Å². The summed E-state index contributed by atoms with van der Waals surface area (Å²) in [6.45, 7) is 0.479. The molecule has 7 heteroatoms. The first kappa shape index (κ1) is 15.5. The summed E-state index contributed by atoms with van der Waals surface area (Å²) in [5.74, 6) is -0.167. The fourth-order valence-corrected chi connectivity index (χ4v) is 3.50. The van der Waals surface area contributed by atoms with E-state index in [0.717, 1.165) is 16.8 Å². The zero-order chi connectivity index (χ0) is 18.5. The molecule has 0 saturated carbocycles. The normalized spacial score (nSPS) is 13.0. The average molecular weight is 359 g/mol. The van der Waals surface area contributed by atoms with Crippen molar-refractivity contribution >= 4 is 17.4 Å². The van der Waals surface area contributed by atoms with Crippen LogP contribution < -0.4 is 11.1 Å². The smallest absolute Gasteiger partial charge is 0.251 e. The van der Waals surface area contributed by atoms with Gasteiger partial charge in [0.25, 0.3) is 5.91 Å². The Balaban J connectivity index is 1.83. The van der Waals surface area contributed by atoms with Gasteiger partial charge in [-0.1, -0.05) is 18.2 Å². The minimum absolute atomic E-state index is 0.0786. The van der Waals surface area contributed by atoms with Crippen LogP contribution in [0, 0.1) is 5.82 Å². The molecule has 0 atom stereocenters. The van der Waals surface area contributed by atoms with Crippen LogP contribution in [0.4, 0.5) is 10.2 Å². The average Bonchev–Trinajstić information content (AvgIpc) is 3.29. The number of nitrogens with two attached hydrogens (primary N) is 1. The molecule has 0 fully saturated rings. The van der Waals surface area contributed by atoms with Crippen LogP contribution in [0.15, 0.2) is 54.9 Å². The highest BCUT2D eigenvalue weighted by Gasteiger charge is 2.22. The highest BCUT2D eigenvalue weighted by Crippen LogP contribution is 2.34.